The molecule has 0 spiro atoms. The third-order valence-corrected chi connectivity index (χ3v) is 5.98. The zero-order valence-electron chi connectivity index (χ0n) is 17.3. The molecule has 1 aliphatic rings. The van der Waals surface area contributed by atoms with Crippen LogP contribution in [0.25, 0.3) is 16.7 Å². The highest BCUT2D eigenvalue weighted by molar-refractivity contribution is 6.04. The number of fused-ring (bicyclic) bond motifs is 1. The number of para-hydroxylation sites is 2. The molecule has 0 bridgehead atoms. The molecule has 0 unspecified atom stereocenters. The number of nitrogens with one attached hydrogen (secondary N) is 1. The molecule has 162 valence electrons. The van der Waals surface area contributed by atoms with Gasteiger partial charge in [-0.1, -0.05) is 31.4 Å². The fraction of sp³-hybridized carbons (Fsp3) is 0.261. The minimum absolute atomic E-state index is 0.170. The zero-order valence-corrected chi connectivity index (χ0v) is 17.3. The molecule has 0 saturated heterocycles. The van der Waals surface area contributed by atoms with Gasteiger partial charge >= 0.3 is 0 Å². The molecule has 0 radical (unpaired) electrons. The number of hydrogen-bond donors (Lipinski definition) is 1. The van der Waals surface area contributed by atoms with Gasteiger partial charge in [0.2, 0.25) is 5.95 Å². The van der Waals surface area contributed by atoms with E-state index < -0.39 is 10.8 Å². The summed E-state index contributed by atoms with van der Waals surface area (Å²) in [5, 5.41) is 14.6. The smallest absolute Gasteiger partial charge is 0.294 e. The molecule has 0 atom stereocenters. The Labute approximate surface area is 183 Å². The molecule has 9 heteroatoms. The van der Waals surface area contributed by atoms with E-state index in [1.54, 1.807) is 29.1 Å². The number of benzene rings is 2. The van der Waals surface area contributed by atoms with Gasteiger partial charge in [0.1, 0.15) is 5.69 Å². The van der Waals surface area contributed by atoms with Crippen LogP contribution in [-0.2, 0) is 0 Å². The Morgan fingerprint density at radius 2 is 1.94 bits per heavy atom. The van der Waals surface area contributed by atoms with Gasteiger partial charge in [-0.25, -0.2) is 9.97 Å². The van der Waals surface area contributed by atoms with E-state index in [1.807, 2.05) is 24.3 Å². The molecule has 0 aliphatic heterocycles. The maximum Gasteiger partial charge on any atom is 0.294 e. The number of imidazole rings is 2. The van der Waals surface area contributed by atoms with Gasteiger partial charge in [0.05, 0.1) is 22.3 Å². The molecule has 5 rings (SSSR count). The maximum atomic E-state index is 13.1. The van der Waals surface area contributed by atoms with Crippen molar-refractivity contribution in [2.45, 2.75) is 38.1 Å². The Balaban J connectivity index is 1.50. The van der Waals surface area contributed by atoms with Gasteiger partial charge in [-0.2, -0.15) is 0 Å². The molecule has 1 fully saturated rings. The zero-order chi connectivity index (χ0) is 22.1. The minimum Gasteiger partial charge on any atom is -0.307 e. The molecule has 2 heterocycles. The number of nitrogens with zero attached hydrogens (tertiary/aromatic N) is 5. The second kappa shape index (κ2) is 8.26. The lowest BCUT2D eigenvalue weighted by atomic mass is 9.95. The van der Waals surface area contributed by atoms with Crippen molar-refractivity contribution in [2.24, 2.45) is 0 Å². The van der Waals surface area contributed by atoms with E-state index in [0.717, 1.165) is 36.7 Å². The molecule has 1 N–H and O–H groups in total. The molecule has 32 heavy (non-hydrogen) atoms. The first kappa shape index (κ1) is 19.9. The topological polar surface area (TPSA) is 108 Å². The predicted molar refractivity (Wildman–Crippen MR) is 120 cm³/mol. The molecule has 2 aromatic carbocycles. The van der Waals surface area contributed by atoms with E-state index in [-0.39, 0.29) is 17.3 Å². The van der Waals surface area contributed by atoms with Crippen molar-refractivity contribution in [1.29, 1.82) is 0 Å². The van der Waals surface area contributed by atoms with Crippen LogP contribution in [0.2, 0.25) is 0 Å². The van der Waals surface area contributed by atoms with Gasteiger partial charge in [0.15, 0.2) is 0 Å². The summed E-state index contributed by atoms with van der Waals surface area (Å²) in [6.45, 7) is 0. The molecule has 1 saturated carbocycles. The summed E-state index contributed by atoms with van der Waals surface area (Å²) in [7, 11) is 0. The Kier molecular flexibility index (Phi) is 5.14. The lowest BCUT2D eigenvalue weighted by Gasteiger charge is -2.25. The van der Waals surface area contributed by atoms with Gasteiger partial charge in [0.25, 0.3) is 11.6 Å². The average Bonchev–Trinajstić information content (AvgIpc) is 3.47. The third-order valence-electron chi connectivity index (χ3n) is 5.98. The van der Waals surface area contributed by atoms with Crippen molar-refractivity contribution < 1.29 is 9.72 Å². The Hall–Kier alpha value is -4.01. The van der Waals surface area contributed by atoms with E-state index in [4.69, 9.17) is 0 Å². The number of amides is 1. The van der Waals surface area contributed by atoms with Crippen molar-refractivity contribution in [3.8, 4) is 5.69 Å². The predicted octanol–water partition coefficient (Wildman–Crippen LogP) is 4.89. The summed E-state index contributed by atoms with van der Waals surface area (Å²) >= 11 is 0. The van der Waals surface area contributed by atoms with Crippen molar-refractivity contribution in [3.05, 3.63) is 76.9 Å². The summed E-state index contributed by atoms with van der Waals surface area (Å²) in [5.74, 6) is 0.0436. The summed E-state index contributed by atoms with van der Waals surface area (Å²) < 4.78 is 3.66. The third kappa shape index (κ3) is 3.62. The standard InChI is InChI=1S/C23H22N6O3/c30-22(16-10-11-20(21(14-16)29(31)32)27-13-12-24-15-27)26-23-25-18-8-4-5-9-19(18)28(23)17-6-2-1-3-7-17/h4-5,8-15,17H,1-3,6-7H2,(H,25,26,30). The minimum atomic E-state index is -0.497. The lowest BCUT2D eigenvalue weighted by molar-refractivity contribution is -0.384. The molecule has 2 aromatic heterocycles. The van der Waals surface area contributed by atoms with Crippen molar-refractivity contribution in [3.63, 3.8) is 0 Å². The van der Waals surface area contributed by atoms with Gasteiger partial charge in [-0.05, 0) is 37.1 Å². The SMILES string of the molecule is O=C(Nc1nc2ccccc2n1C1CCCCC1)c1ccc(-n2ccnc2)c([N+](=O)[O-])c1. The maximum absolute atomic E-state index is 13.1. The van der Waals surface area contributed by atoms with Gasteiger partial charge < -0.3 is 9.13 Å². The first-order valence-electron chi connectivity index (χ1n) is 10.7. The largest absolute Gasteiger partial charge is 0.307 e. The van der Waals surface area contributed by atoms with Crippen LogP contribution in [0.4, 0.5) is 11.6 Å². The number of carbonyl (C=O) groups is 1. The second-order valence-corrected chi connectivity index (χ2v) is 7.97. The van der Waals surface area contributed by atoms with Crippen LogP contribution in [-0.4, -0.2) is 29.9 Å². The number of nitro benzene ring substituents is 1. The fourth-order valence-electron chi connectivity index (χ4n) is 4.45. The van der Waals surface area contributed by atoms with Crippen LogP contribution in [0.1, 0.15) is 48.5 Å². The number of aromatic nitrogens is 4. The molecule has 1 aliphatic carbocycles. The van der Waals surface area contributed by atoms with Crippen LogP contribution < -0.4 is 5.32 Å². The summed E-state index contributed by atoms with van der Waals surface area (Å²) in [6, 6.07) is 12.5. The van der Waals surface area contributed by atoms with Crippen LogP contribution in [0.5, 0.6) is 0 Å². The second-order valence-electron chi connectivity index (χ2n) is 7.97. The number of nitro groups is 1. The number of anilines is 1. The van der Waals surface area contributed by atoms with Gasteiger partial charge in [-0.15, -0.1) is 0 Å². The van der Waals surface area contributed by atoms with Crippen LogP contribution in [0, 0.1) is 10.1 Å². The van der Waals surface area contributed by atoms with Crippen molar-refractivity contribution in [1.82, 2.24) is 19.1 Å². The Bertz CT molecular complexity index is 1290. The van der Waals surface area contributed by atoms with E-state index in [0.29, 0.717) is 11.6 Å². The van der Waals surface area contributed by atoms with E-state index in [1.165, 1.54) is 18.8 Å². The first-order valence-corrected chi connectivity index (χ1v) is 10.7. The van der Waals surface area contributed by atoms with E-state index >= 15 is 0 Å². The summed E-state index contributed by atoms with van der Waals surface area (Å²) in [6.07, 6.45) is 10.2. The van der Waals surface area contributed by atoms with E-state index in [2.05, 4.69) is 19.9 Å². The van der Waals surface area contributed by atoms with Gasteiger partial charge in [0, 0.05) is 30.1 Å². The normalized spacial score (nSPS) is 14.5. The quantitative estimate of drug-likeness (QED) is 0.358. The molecule has 1 amide bonds. The fourth-order valence-corrected chi connectivity index (χ4v) is 4.45. The van der Waals surface area contributed by atoms with Crippen molar-refractivity contribution >= 4 is 28.6 Å². The molecular weight excluding hydrogens is 408 g/mol. The summed E-state index contributed by atoms with van der Waals surface area (Å²) in [5.41, 5.74) is 2.17. The first-order chi connectivity index (χ1) is 15.6. The highest BCUT2D eigenvalue weighted by Gasteiger charge is 2.24. The molecular formula is C23H22N6O3. The van der Waals surface area contributed by atoms with Gasteiger partial charge in [-0.3, -0.25) is 20.2 Å². The summed E-state index contributed by atoms with van der Waals surface area (Å²) in [4.78, 5) is 32.8. The highest BCUT2D eigenvalue weighted by atomic mass is 16.6. The molecule has 4 aromatic rings. The molecule has 9 nitrogen and oxygen atoms in total. The van der Waals surface area contributed by atoms with Crippen molar-refractivity contribution in [2.75, 3.05) is 5.32 Å². The lowest BCUT2D eigenvalue weighted by Crippen LogP contribution is -2.20. The van der Waals surface area contributed by atoms with Crippen LogP contribution in [0.15, 0.2) is 61.2 Å². The number of rotatable bonds is 5. The number of carbonyl (C=O) groups excluding carboxylic acids is 1. The monoisotopic (exact) mass is 430 g/mol. The average molecular weight is 430 g/mol. The number of hydrogen-bond acceptors (Lipinski definition) is 5. The Morgan fingerprint density at radius 3 is 2.69 bits per heavy atom. The highest BCUT2D eigenvalue weighted by Crippen LogP contribution is 2.34. The Morgan fingerprint density at radius 1 is 1.12 bits per heavy atom. The van der Waals surface area contributed by atoms with E-state index in [9.17, 15) is 14.9 Å². The van der Waals surface area contributed by atoms with Crippen LogP contribution >= 0.6 is 0 Å². The van der Waals surface area contributed by atoms with Crippen LogP contribution in [0.3, 0.4) is 0 Å².